The molecule has 0 unspecified atom stereocenters. The summed E-state index contributed by atoms with van der Waals surface area (Å²) in [7, 11) is 0. The maximum atomic E-state index is 13.2. The highest BCUT2D eigenvalue weighted by Crippen LogP contribution is 2.25. The van der Waals surface area contributed by atoms with Gasteiger partial charge in [0.05, 0.1) is 11.8 Å². The summed E-state index contributed by atoms with van der Waals surface area (Å²) in [4.78, 5) is 28.5. The van der Waals surface area contributed by atoms with Crippen LogP contribution in [0.4, 0.5) is 11.4 Å². The number of amides is 1. The number of nitrogens with zero attached hydrogens (tertiary/aromatic N) is 4. The Hall–Kier alpha value is -3.13. The molecule has 32 heavy (non-hydrogen) atoms. The summed E-state index contributed by atoms with van der Waals surface area (Å²) in [6, 6.07) is 8.01. The lowest BCUT2D eigenvalue weighted by Crippen LogP contribution is -2.36. The van der Waals surface area contributed by atoms with Gasteiger partial charge in [-0.2, -0.15) is 9.61 Å². The highest BCUT2D eigenvalue weighted by Gasteiger charge is 2.24. The predicted octanol–water partition coefficient (Wildman–Crippen LogP) is 2.65. The number of aromatic nitrogens is 3. The van der Waals surface area contributed by atoms with E-state index in [4.69, 9.17) is 0 Å². The second-order valence-electron chi connectivity index (χ2n) is 8.87. The maximum absolute atomic E-state index is 13.2. The van der Waals surface area contributed by atoms with Crippen molar-refractivity contribution < 1.29 is 4.79 Å². The van der Waals surface area contributed by atoms with Gasteiger partial charge in [-0.3, -0.25) is 9.59 Å². The summed E-state index contributed by atoms with van der Waals surface area (Å²) < 4.78 is 3.42. The minimum atomic E-state index is -0.255. The van der Waals surface area contributed by atoms with Gasteiger partial charge in [0.15, 0.2) is 5.65 Å². The van der Waals surface area contributed by atoms with Crippen LogP contribution in [0.5, 0.6) is 0 Å². The number of rotatable bonds is 4. The summed E-state index contributed by atoms with van der Waals surface area (Å²) in [5, 5.41) is 10.5. The quantitative estimate of drug-likeness (QED) is 0.660. The first-order valence-electron chi connectivity index (χ1n) is 11.6. The van der Waals surface area contributed by atoms with E-state index in [0.29, 0.717) is 24.3 Å². The molecule has 168 valence electrons. The fourth-order valence-electron chi connectivity index (χ4n) is 4.90. The minimum absolute atomic E-state index is 0.147. The van der Waals surface area contributed by atoms with E-state index < -0.39 is 0 Å². The molecule has 5 rings (SSSR count). The van der Waals surface area contributed by atoms with Gasteiger partial charge >= 0.3 is 0 Å². The molecule has 1 fully saturated rings. The van der Waals surface area contributed by atoms with Gasteiger partial charge in [0.25, 0.3) is 11.5 Å². The Morgan fingerprint density at radius 2 is 1.97 bits per heavy atom. The second-order valence-corrected chi connectivity index (χ2v) is 8.87. The Bertz CT molecular complexity index is 1200. The van der Waals surface area contributed by atoms with E-state index in [9.17, 15) is 9.59 Å². The van der Waals surface area contributed by atoms with Crippen LogP contribution in [-0.4, -0.2) is 39.7 Å². The minimum Gasteiger partial charge on any atom is -0.372 e. The predicted molar refractivity (Wildman–Crippen MR) is 126 cm³/mol. The first-order chi connectivity index (χ1) is 15.6. The number of fused-ring (bicyclic) bond motifs is 2. The molecule has 3 aromatic rings. The van der Waals surface area contributed by atoms with Gasteiger partial charge in [0.1, 0.15) is 5.56 Å². The molecular weight excluding hydrogens is 404 g/mol. The zero-order chi connectivity index (χ0) is 22.2. The molecular formula is C24H30N6O2. The largest absolute Gasteiger partial charge is 0.372 e. The van der Waals surface area contributed by atoms with Crippen LogP contribution in [-0.2, 0) is 19.5 Å². The van der Waals surface area contributed by atoms with Crippen LogP contribution in [0, 0.1) is 5.92 Å². The SMILES string of the molecule is CCn1c2c(c(=O)n3ncc(C(=O)Nc4ccc(N5CCC(C)CC5)cc4)c13)CNCC2. The van der Waals surface area contributed by atoms with Gasteiger partial charge in [-0.05, 0) is 49.9 Å². The number of hydrogen-bond donors (Lipinski definition) is 2. The highest BCUT2D eigenvalue weighted by atomic mass is 16.2. The molecule has 1 aromatic carbocycles. The third kappa shape index (κ3) is 3.58. The van der Waals surface area contributed by atoms with Crippen LogP contribution in [0.3, 0.4) is 0 Å². The fourth-order valence-corrected chi connectivity index (χ4v) is 4.90. The van der Waals surface area contributed by atoms with Crippen molar-refractivity contribution in [3.05, 3.63) is 57.6 Å². The van der Waals surface area contributed by atoms with Gasteiger partial charge in [0.2, 0.25) is 0 Å². The average Bonchev–Trinajstić information content (AvgIpc) is 3.26. The van der Waals surface area contributed by atoms with Crippen LogP contribution in [0.25, 0.3) is 5.65 Å². The Morgan fingerprint density at radius 1 is 1.22 bits per heavy atom. The lowest BCUT2D eigenvalue weighted by atomic mass is 9.99. The van der Waals surface area contributed by atoms with E-state index in [1.807, 2.05) is 19.1 Å². The van der Waals surface area contributed by atoms with Crippen molar-refractivity contribution in [3.63, 3.8) is 0 Å². The number of carbonyl (C=O) groups excluding carboxylic acids is 1. The van der Waals surface area contributed by atoms with Gasteiger partial charge in [-0.15, -0.1) is 0 Å². The van der Waals surface area contributed by atoms with E-state index in [2.05, 4.69) is 44.3 Å². The average molecular weight is 435 g/mol. The number of benzene rings is 1. The molecule has 2 aliphatic heterocycles. The van der Waals surface area contributed by atoms with Crippen molar-refractivity contribution in [1.29, 1.82) is 0 Å². The molecule has 8 heteroatoms. The second kappa shape index (κ2) is 8.43. The van der Waals surface area contributed by atoms with E-state index in [1.54, 1.807) is 0 Å². The summed E-state index contributed by atoms with van der Waals surface area (Å²) in [5.41, 5.74) is 4.49. The monoisotopic (exact) mass is 434 g/mol. The van der Waals surface area contributed by atoms with Crippen molar-refractivity contribution in [2.45, 2.75) is 46.2 Å². The Balaban J connectivity index is 1.42. The van der Waals surface area contributed by atoms with E-state index in [1.165, 1.54) is 29.2 Å². The van der Waals surface area contributed by atoms with Crippen molar-refractivity contribution in [2.75, 3.05) is 29.9 Å². The lowest BCUT2D eigenvalue weighted by molar-refractivity contribution is 0.102. The highest BCUT2D eigenvalue weighted by molar-refractivity contribution is 6.08. The molecule has 0 saturated carbocycles. The van der Waals surface area contributed by atoms with Gasteiger partial charge in [-0.1, -0.05) is 6.92 Å². The van der Waals surface area contributed by atoms with Crippen molar-refractivity contribution in [1.82, 2.24) is 19.5 Å². The molecule has 0 bridgehead atoms. The van der Waals surface area contributed by atoms with E-state index in [-0.39, 0.29) is 11.5 Å². The van der Waals surface area contributed by atoms with Crippen molar-refractivity contribution in [3.8, 4) is 0 Å². The Labute approximate surface area is 187 Å². The molecule has 2 aliphatic rings. The van der Waals surface area contributed by atoms with Gasteiger partial charge < -0.3 is 20.1 Å². The summed E-state index contributed by atoms with van der Waals surface area (Å²) in [6.45, 7) is 8.51. The first-order valence-corrected chi connectivity index (χ1v) is 11.6. The van der Waals surface area contributed by atoms with Crippen LogP contribution in [0.15, 0.2) is 35.3 Å². The molecule has 2 aromatic heterocycles. The fraction of sp³-hybridized carbons (Fsp3) is 0.458. The van der Waals surface area contributed by atoms with Crippen LogP contribution < -0.4 is 21.1 Å². The summed E-state index contributed by atoms with van der Waals surface area (Å²) >= 11 is 0. The number of aryl methyl sites for hydroxylation is 1. The molecule has 2 N–H and O–H groups in total. The topological polar surface area (TPSA) is 83.7 Å². The smallest absolute Gasteiger partial charge is 0.279 e. The molecule has 4 heterocycles. The Kier molecular flexibility index (Phi) is 5.46. The molecule has 8 nitrogen and oxygen atoms in total. The Morgan fingerprint density at radius 3 is 2.69 bits per heavy atom. The number of anilines is 2. The van der Waals surface area contributed by atoms with Crippen LogP contribution in [0.2, 0.25) is 0 Å². The molecule has 0 atom stereocenters. The number of carbonyl (C=O) groups is 1. The van der Waals surface area contributed by atoms with E-state index >= 15 is 0 Å². The van der Waals surface area contributed by atoms with Crippen LogP contribution >= 0.6 is 0 Å². The molecule has 0 aliphatic carbocycles. The maximum Gasteiger partial charge on any atom is 0.279 e. The van der Waals surface area contributed by atoms with Gasteiger partial charge in [0, 0.05) is 56.2 Å². The van der Waals surface area contributed by atoms with Gasteiger partial charge in [-0.25, -0.2) is 0 Å². The third-order valence-corrected chi connectivity index (χ3v) is 6.80. The standard InChI is InChI=1S/C24H30N6O2/c1-3-29-21-8-11-25-14-19(21)24(32)30-23(29)20(15-26-30)22(31)27-17-4-6-18(7-5-17)28-12-9-16(2)10-13-28/h4-7,15-16,25H,3,8-14H2,1-2H3,(H,27,31). The first kappa shape index (κ1) is 20.8. The summed E-state index contributed by atoms with van der Waals surface area (Å²) in [6.07, 6.45) is 4.69. The molecule has 1 amide bonds. The normalized spacial score (nSPS) is 16.9. The zero-order valence-electron chi connectivity index (χ0n) is 18.7. The number of piperidine rings is 1. The number of hydrogen-bond acceptors (Lipinski definition) is 5. The van der Waals surface area contributed by atoms with E-state index in [0.717, 1.165) is 48.9 Å². The molecule has 0 radical (unpaired) electrons. The molecule has 1 saturated heterocycles. The zero-order valence-corrected chi connectivity index (χ0v) is 18.7. The number of nitrogens with one attached hydrogen (secondary N) is 2. The lowest BCUT2D eigenvalue weighted by Gasteiger charge is -2.32. The third-order valence-electron chi connectivity index (χ3n) is 6.80. The van der Waals surface area contributed by atoms with Crippen LogP contribution in [0.1, 0.15) is 48.3 Å². The molecule has 0 spiro atoms. The van der Waals surface area contributed by atoms with Crippen molar-refractivity contribution >= 4 is 22.9 Å². The van der Waals surface area contributed by atoms with Crippen molar-refractivity contribution in [2.24, 2.45) is 5.92 Å². The summed E-state index contributed by atoms with van der Waals surface area (Å²) in [5.74, 6) is 0.535.